The molecule has 3 N–H and O–H groups in total. The molecule has 0 aromatic heterocycles. The quantitative estimate of drug-likeness (QED) is 0.771. The van der Waals surface area contributed by atoms with Gasteiger partial charge in [0.25, 0.3) is 0 Å². The first kappa shape index (κ1) is 16.8. The van der Waals surface area contributed by atoms with Crippen molar-refractivity contribution < 1.29 is 9.59 Å². The molecule has 0 aliphatic carbocycles. The van der Waals surface area contributed by atoms with Gasteiger partial charge >= 0.3 is 6.03 Å². The van der Waals surface area contributed by atoms with Crippen molar-refractivity contribution in [2.75, 3.05) is 16.0 Å². The van der Waals surface area contributed by atoms with Gasteiger partial charge < -0.3 is 16.0 Å². The van der Waals surface area contributed by atoms with Crippen LogP contribution in [-0.2, 0) is 4.79 Å². The molecule has 0 bridgehead atoms. The maximum Gasteiger partial charge on any atom is 0.323 e. The fraction of sp³-hybridized carbons (Fsp3) is 0.176. The Morgan fingerprint density at radius 2 is 1.61 bits per heavy atom. The van der Waals surface area contributed by atoms with Gasteiger partial charge in [-0.05, 0) is 49.2 Å². The second kappa shape index (κ2) is 7.15. The topological polar surface area (TPSA) is 70.2 Å². The molecule has 0 saturated heterocycles. The van der Waals surface area contributed by atoms with Crippen LogP contribution >= 0.6 is 11.6 Å². The lowest BCUT2D eigenvalue weighted by molar-refractivity contribution is -0.114. The van der Waals surface area contributed by atoms with Crippen LogP contribution in [0.3, 0.4) is 0 Å². The lowest BCUT2D eigenvalue weighted by Gasteiger charge is -2.12. The van der Waals surface area contributed by atoms with E-state index in [1.54, 1.807) is 18.2 Å². The monoisotopic (exact) mass is 331 g/mol. The minimum absolute atomic E-state index is 0.196. The van der Waals surface area contributed by atoms with Gasteiger partial charge in [0.05, 0.1) is 10.7 Å². The van der Waals surface area contributed by atoms with Crippen molar-refractivity contribution in [1.29, 1.82) is 0 Å². The number of halogens is 1. The molecular formula is C17H18ClN3O2. The van der Waals surface area contributed by atoms with Crippen LogP contribution in [-0.4, -0.2) is 11.9 Å². The molecule has 6 heteroatoms. The van der Waals surface area contributed by atoms with E-state index in [4.69, 9.17) is 11.6 Å². The van der Waals surface area contributed by atoms with Gasteiger partial charge in [-0.3, -0.25) is 4.79 Å². The Morgan fingerprint density at radius 3 is 2.30 bits per heavy atom. The number of amides is 3. The highest BCUT2D eigenvalue weighted by Crippen LogP contribution is 2.26. The fourth-order valence-electron chi connectivity index (χ4n) is 2.05. The summed E-state index contributed by atoms with van der Waals surface area (Å²) < 4.78 is 0. The Hall–Kier alpha value is -2.53. The normalized spacial score (nSPS) is 10.1. The molecule has 0 aliphatic rings. The largest absolute Gasteiger partial charge is 0.326 e. The summed E-state index contributed by atoms with van der Waals surface area (Å²) in [7, 11) is 0. The number of rotatable bonds is 3. The van der Waals surface area contributed by atoms with Crippen LogP contribution in [0.4, 0.5) is 21.9 Å². The summed E-state index contributed by atoms with van der Waals surface area (Å²) in [6.07, 6.45) is 0. The first-order chi connectivity index (χ1) is 10.8. The molecule has 5 nitrogen and oxygen atoms in total. The minimum Gasteiger partial charge on any atom is -0.326 e. The van der Waals surface area contributed by atoms with E-state index >= 15 is 0 Å². The highest BCUT2D eigenvalue weighted by Gasteiger charge is 2.09. The number of anilines is 3. The zero-order chi connectivity index (χ0) is 17.0. The number of nitrogens with one attached hydrogen (secondary N) is 3. The molecule has 23 heavy (non-hydrogen) atoms. The molecule has 2 rings (SSSR count). The summed E-state index contributed by atoms with van der Waals surface area (Å²) in [5.74, 6) is -0.196. The summed E-state index contributed by atoms with van der Waals surface area (Å²) in [6.45, 7) is 5.28. The van der Waals surface area contributed by atoms with Gasteiger partial charge in [0.1, 0.15) is 0 Å². The smallest absolute Gasteiger partial charge is 0.323 e. The summed E-state index contributed by atoms with van der Waals surface area (Å²) >= 11 is 6.08. The van der Waals surface area contributed by atoms with Gasteiger partial charge in [-0.2, -0.15) is 0 Å². The van der Waals surface area contributed by atoms with Crippen molar-refractivity contribution >= 4 is 40.6 Å². The van der Waals surface area contributed by atoms with E-state index in [2.05, 4.69) is 16.0 Å². The highest BCUT2D eigenvalue weighted by molar-refractivity contribution is 6.34. The van der Waals surface area contributed by atoms with E-state index in [1.807, 2.05) is 32.0 Å². The Kier molecular flexibility index (Phi) is 5.24. The van der Waals surface area contributed by atoms with E-state index in [0.717, 1.165) is 16.8 Å². The number of benzene rings is 2. The number of aryl methyl sites for hydroxylation is 2. The maximum atomic E-state index is 12.2. The molecule has 0 fully saturated rings. The third-order valence-corrected chi connectivity index (χ3v) is 3.51. The van der Waals surface area contributed by atoms with Crippen LogP contribution in [0.5, 0.6) is 0 Å². The second-order valence-electron chi connectivity index (χ2n) is 5.27. The van der Waals surface area contributed by atoms with Crippen molar-refractivity contribution in [3.63, 3.8) is 0 Å². The van der Waals surface area contributed by atoms with Gasteiger partial charge in [-0.15, -0.1) is 0 Å². The van der Waals surface area contributed by atoms with Gasteiger partial charge in [-0.25, -0.2) is 4.79 Å². The van der Waals surface area contributed by atoms with Crippen LogP contribution in [0.1, 0.15) is 18.1 Å². The first-order valence-electron chi connectivity index (χ1n) is 7.07. The fourth-order valence-corrected chi connectivity index (χ4v) is 2.21. The molecule has 2 aromatic carbocycles. The molecule has 0 aliphatic heterocycles. The number of hydrogen-bond acceptors (Lipinski definition) is 2. The van der Waals surface area contributed by atoms with Gasteiger partial charge in [0.15, 0.2) is 0 Å². The molecule has 3 amide bonds. The van der Waals surface area contributed by atoms with E-state index in [9.17, 15) is 9.59 Å². The zero-order valence-electron chi connectivity index (χ0n) is 13.2. The molecule has 0 saturated carbocycles. The average molecular weight is 332 g/mol. The standard InChI is InChI=1S/C17H18ClN3O2/c1-10-4-5-11(2)15(8-10)20-17(23)21-16-9-13(19-12(3)22)6-7-14(16)18/h4-9H,1-3H3,(H,19,22)(H2,20,21,23). The van der Waals surface area contributed by atoms with Crippen LogP contribution in [0.25, 0.3) is 0 Å². The van der Waals surface area contributed by atoms with Crippen molar-refractivity contribution in [3.8, 4) is 0 Å². The lowest BCUT2D eigenvalue weighted by atomic mass is 10.1. The predicted octanol–water partition coefficient (Wildman–Crippen LogP) is 4.56. The van der Waals surface area contributed by atoms with Crippen molar-refractivity contribution in [3.05, 3.63) is 52.5 Å². The number of carbonyl (C=O) groups is 2. The molecule has 120 valence electrons. The van der Waals surface area contributed by atoms with E-state index in [0.29, 0.717) is 16.4 Å². The molecule has 0 spiro atoms. The Morgan fingerprint density at radius 1 is 0.913 bits per heavy atom. The highest BCUT2D eigenvalue weighted by atomic mass is 35.5. The summed E-state index contributed by atoms with van der Waals surface area (Å²) in [5.41, 5.74) is 3.72. The Balaban J connectivity index is 2.13. The lowest BCUT2D eigenvalue weighted by Crippen LogP contribution is -2.20. The van der Waals surface area contributed by atoms with Crippen LogP contribution in [0.15, 0.2) is 36.4 Å². The van der Waals surface area contributed by atoms with Crippen LogP contribution in [0.2, 0.25) is 5.02 Å². The number of carbonyl (C=O) groups excluding carboxylic acids is 2. The minimum atomic E-state index is -0.402. The first-order valence-corrected chi connectivity index (χ1v) is 7.45. The van der Waals surface area contributed by atoms with Gasteiger partial charge in [0.2, 0.25) is 5.91 Å². The molecule has 0 radical (unpaired) electrons. The summed E-state index contributed by atoms with van der Waals surface area (Å²) in [4.78, 5) is 23.3. The van der Waals surface area contributed by atoms with E-state index < -0.39 is 6.03 Å². The second-order valence-corrected chi connectivity index (χ2v) is 5.68. The number of urea groups is 1. The summed E-state index contributed by atoms with van der Waals surface area (Å²) in [5, 5.41) is 8.50. The summed E-state index contributed by atoms with van der Waals surface area (Å²) in [6, 6.07) is 10.3. The van der Waals surface area contributed by atoms with E-state index in [1.165, 1.54) is 6.92 Å². The van der Waals surface area contributed by atoms with Crippen molar-refractivity contribution in [2.24, 2.45) is 0 Å². The van der Waals surface area contributed by atoms with Crippen molar-refractivity contribution in [1.82, 2.24) is 0 Å². The predicted molar refractivity (Wildman–Crippen MR) is 94.3 cm³/mol. The molecule has 2 aromatic rings. The molecule has 0 heterocycles. The average Bonchev–Trinajstić information content (AvgIpc) is 2.46. The SMILES string of the molecule is CC(=O)Nc1ccc(Cl)c(NC(=O)Nc2cc(C)ccc2C)c1. The molecular weight excluding hydrogens is 314 g/mol. The molecule has 0 atom stereocenters. The van der Waals surface area contributed by atoms with Crippen LogP contribution in [0, 0.1) is 13.8 Å². The third-order valence-electron chi connectivity index (χ3n) is 3.18. The maximum absolute atomic E-state index is 12.2. The Bertz CT molecular complexity index is 759. The third kappa shape index (κ3) is 4.72. The van der Waals surface area contributed by atoms with Gasteiger partial charge in [-0.1, -0.05) is 23.7 Å². The zero-order valence-corrected chi connectivity index (χ0v) is 13.9. The molecule has 0 unspecified atom stereocenters. The Labute approximate surface area is 140 Å². The van der Waals surface area contributed by atoms with Crippen molar-refractivity contribution in [2.45, 2.75) is 20.8 Å². The van der Waals surface area contributed by atoms with E-state index in [-0.39, 0.29) is 5.91 Å². The van der Waals surface area contributed by atoms with Gasteiger partial charge in [0, 0.05) is 18.3 Å². The van der Waals surface area contributed by atoms with Crippen LogP contribution < -0.4 is 16.0 Å². The number of hydrogen-bond donors (Lipinski definition) is 3.